The molecule has 0 fully saturated rings. The highest BCUT2D eigenvalue weighted by Crippen LogP contribution is 2.47. The maximum absolute atomic E-state index is 5.63. The maximum Gasteiger partial charge on any atom is 0.162 e. The molecule has 0 unspecified atom stereocenters. The summed E-state index contributed by atoms with van der Waals surface area (Å²) in [5.41, 5.74) is 10.3. The van der Waals surface area contributed by atoms with Crippen molar-refractivity contribution >= 4 is 92.3 Å². The van der Waals surface area contributed by atoms with Crippen LogP contribution in [0.1, 0.15) is 0 Å². The minimum Gasteiger partial charge on any atom is -0.308 e. The molecule has 0 radical (unpaired) electrons. The van der Waals surface area contributed by atoms with E-state index in [1.165, 1.54) is 76.2 Å². The van der Waals surface area contributed by atoms with Crippen LogP contribution in [0.15, 0.2) is 182 Å². The lowest BCUT2D eigenvalue weighted by Crippen LogP contribution is -2.03. The van der Waals surface area contributed by atoms with Crippen LogP contribution >= 0.6 is 0 Å². The average molecular weight is 711 g/mol. The first-order valence-corrected chi connectivity index (χ1v) is 19.2. The molecular weight excluding hydrogens is 681 g/mol. The van der Waals surface area contributed by atoms with Crippen molar-refractivity contribution in [1.82, 2.24) is 18.9 Å². The van der Waals surface area contributed by atoms with E-state index in [0.717, 1.165) is 38.7 Å². The molecule has 0 spiro atoms. The van der Waals surface area contributed by atoms with Gasteiger partial charge in [-0.15, -0.1) is 0 Å². The van der Waals surface area contributed by atoms with E-state index in [9.17, 15) is 0 Å². The third-order valence-corrected chi connectivity index (χ3v) is 12.0. The van der Waals surface area contributed by atoms with Gasteiger partial charge in [-0.25, -0.2) is 9.97 Å². The lowest BCUT2D eigenvalue weighted by atomic mass is 9.97. The second-order valence-corrected chi connectivity index (χ2v) is 14.9. The molecule has 0 saturated carbocycles. The minimum atomic E-state index is 0.715. The van der Waals surface area contributed by atoms with Gasteiger partial charge in [0.15, 0.2) is 5.82 Å². The van der Waals surface area contributed by atoms with Crippen molar-refractivity contribution in [2.45, 2.75) is 0 Å². The van der Waals surface area contributed by atoms with Gasteiger partial charge < -0.3 is 4.40 Å². The van der Waals surface area contributed by atoms with Gasteiger partial charge in [0.2, 0.25) is 0 Å². The van der Waals surface area contributed by atoms with Gasteiger partial charge in [0.25, 0.3) is 0 Å². The number of benzene rings is 9. The molecule has 4 aromatic heterocycles. The molecule has 9 aromatic carbocycles. The fraction of sp³-hybridized carbons (Fsp3) is 0. The van der Waals surface area contributed by atoms with E-state index in [1.807, 2.05) is 0 Å². The van der Waals surface area contributed by atoms with Gasteiger partial charge >= 0.3 is 0 Å². The van der Waals surface area contributed by atoms with Crippen molar-refractivity contribution < 1.29 is 0 Å². The molecule has 0 bridgehead atoms. The lowest BCUT2D eigenvalue weighted by molar-refractivity contribution is 1.08. The average Bonchev–Trinajstić information content (AvgIpc) is 3.90. The van der Waals surface area contributed by atoms with E-state index >= 15 is 0 Å². The Labute approximate surface area is 320 Å². The van der Waals surface area contributed by atoms with Crippen molar-refractivity contribution in [3.63, 3.8) is 0 Å². The summed E-state index contributed by atoms with van der Waals surface area (Å²) in [4.78, 5) is 10.9. The van der Waals surface area contributed by atoms with Crippen LogP contribution in [0.5, 0.6) is 0 Å². The maximum atomic E-state index is 5.63. The molecule has 4 heterocycles. The molecule has 0 saturated heterocycles. The molecule has 0 atom stereocenters. The predicted octanol–water partition coefficient (Wildman–Crippen LogP) is 13.5. The summed E-state index contributed by atoms with van der Waals surface area (Å²) in [5, 5.41) is 13.2. The fourth-order valence-electron chi connectivity index (χ4n) is 9.63. The molecular formula is C52H30N4. The molecule has 13 aromatic rings. The molecule has 4 nitrogen and oxygen atoms in total. The number of fused-ring (bicyclic) bond motifs is 14. The summed E-state index contributed by atoms with van der Waals surface area (Å²) < 4.78 is 4.91. The Bertz CT molecular complexity index is 3760. The zero-order valence-electron chi connectivity index (χ0n) is 30.1. The highest BCUT2D eigenvalue weighted by Gasteiger charge is 2.26. The topological polar surface area (TPSA) is 35.1 Å². The summed E-state index contributed by atoms with van der Waals surface area (Å²) >= 11 is 0. The van der Waals surface area contributed by atoms with Gasteiger partial charge in [-0.2, -0.15) is 0 Å². The van der Waals surface area contributed by atoms with Crippen LogP contribution in [-0.2, 0) is 0 Å². The van der Waals surface area contributed by atoms with Crippen molar-refractivity contribution in [1.29, 1.82) is 0 Å². The van der Waals surface area contributed by atoms with Gasteiger partial charge in [0.05, 0.1) is 33.1 Å². The van der Waals surface area contributed by atoms with Crippen molar-refractivity contribution in [2.75, 3.05) is 0 Å². The number of hydrogen-bond donors (Lipinski definition) is 0. The molecule has 0 aliphatic heterocycles. The highest BCUT2D eigenvalue weighted by molar-refractivity contribution is 6.34. The molecule has 258 valence electrons. The first-order chi connectivity index (χ1) is 27.8. The van der Waals surface area contributed by atoms with Gasteiger partial charge in [0, 0.05) is 43.3 Å². The zero-order chi connectivity index (χ0) is 36.5. The normalized spacial score (nSPS) is 12.3. The van der Waals surface area contributed by atoms with Crippen LogP contribution in [-0.4, -0.2) is 18.9 Å². The Morgan fingerprint density at radius 1 is 0.357 bits per heavy atom. The predicted molar refractivity (Wildman–Crippen MR) is 234 cm³/mol. The molecule has 0 aliphatic rings. The molecule has 13 rings (SSSR count). The van der Waals surface area contributed by atoms with Gasteiger partial charge in [-0.3, -0.25) is 4.57 Å². The summed E-state index contributed by atoms with van der Waals surface area (Å²) in [7, 11) is 0. The summed E-state index contributed by atoms with van der Waals surface area (Å²) in [5.74, 6) is 1.59. The third-order valence-electron chi connectivity index (χ3n) is 12.0. The van der Waals surface area contributed by atoms with Gasteiger partial charge in [-0.1, -0.05) is 133 Å². The third kappa shape index (κ3) is 3.92. The van der Waals surface area contributed by atoms with E-state index in [1.54, 1.807) is 0 Å². The fourth-order valence-corrected chi connectivity index (χ4v) is 9.63. The van der Waals surface area contributed by atoms with E-state index in [2.05, 4.69) is 191 Å². The number of aromatic nitrogens is 4. The van der Waals surface area contributed by atoms with Crippen LogP contribution in [0.3, 0.4) is 0 Å². The van der Waals surface area contributed by atoms with Gasteiger partial charge in [0.1, 0.15) is 5.82 Å². The quantitative estimate of drug-likeness (QED) is 0.171. The smallest absolute Gasteiger partial charge is 0.162 e. The van der Waals surface area contributed by atoms with Gasteiger partial charge in [-0.05, 0) is 81.2 Å². The van der Waals surface area contributed by atoms with Crippen LogP contribution in [0, 0.1) is 0 Å². The van der Waals surface area contributed by atoms with E-state index in [4.69, 9.17) is 9.97 Å². The zero-order valence-corrected chi connectivity index (χ0v) is 30.1. The van der Waals surface area contributed by atoms with Crippen LogP contribution in [0.4, 0.5) is 0 Å². The standard InChI is InChI=1S/C52H30N4/c1-2-14-31(15-3-1)32-26-27-47-40(28-32)42-30-41-37-20-9-12-24-45(37)56(50(41)48-39-22-10-13-25-46(39)55(47)49(42)48)52-38-21-8-11-23-44(38)53-51(54-52)43-29-33-16-4-5-17-34(33)35-18-6-7-19-36(35)43/h1-30H. The van der Waals surface area contributed by atoms with E-state index < -0.39 is 0 Å². The Kier molecular flexibility index (Phi) is 5.86. The monoisotopic (exact) mass is 710 g/mol. The van der Waals surface area contributed by atoms with Crippen LogP contribution in [0.25, 0.3) is 121 Å². The molecule has 0 N–H and O–H groups in total. The summed E-state index contributed by atoms with van der Waals surface area (Å²) in [6, 6.07) is 65.8. The second kappa shape index (κ2) is 11.0. The van der Waals surface area contributed by atoms with E-state index in [0.29, 0.717) is 5.82 Å². The Morgan fingerprint density at radius 2 is 1.00 bits per heavy atom. The number of hydrogen-bond acceptors (Lipinski definition) is 2. The molecule has 0 amide bonds. The summed E-state index contributed by atoms with van der Waals surface area (Å²) in [6.07, 6.45) is 0. The minimum absolute atomic E-state index is 0.715. The Morgan fingerprint density at radius 3 is 1.86 bits per heavy atom. The first-order valence-electron chi connectivity index (χ1n) is 19.2. The second-order valence-electron chi connectivity index (χ2n) is 14.9. The molecule has 0 aliphatic carbocycles. The van der Waals surface area contributed by atoms with Crippen LogP contribution < -0.4 is 0 Å². The van der Waals surface area contributed by atoms with Crippen LogP contribution in [0.2, 0.25) is 0 Å². The number of rotatable bonds is 3. The first kappa shape index (κ1) is 29.8. The number of nitrogens with zero attached hydrogens (tertiary/aromatic N) is 4. The lowest BCUT2D eigenvalue weighted by Gasteiger charge is -2.15. The Hall–Kier alpha value is -7.56. The largest absolute Gasteiger partial charge is 0.308 e. The SMILES string of the molecule is c1ccc(-c2ccc3c(c2)c2cc4c5ccccc5n(-c5nc(-c6cc7ccccc7c7ccccc67)nc6ccccc56)c4c4c5ccccc5n3c24)cc1. The van der Waals surface area contributed by atoms with Crippen molar-refractivity contribution in [2.24, 2.45) is 0 Å². The Balaban J connectivity index is 1.20. The molecule has 56 heavy (non-hydrogen) atoms. The number of para-hydroxylation sites is 3. The van der Waals surface area contributed by atoms with Crippen molar-refractivity contribution in [3.05, 3.63) is 182 Å². The molecule has 4 heteroatoms. The van der Waals surface area contributed by atoms with Crippen molar-refractivity contribution in [3.8, 4) is 28.3 Å². The summed E-state index contributed by atoms with van der Waals surface area (Å²) in [6.45, 7) is 0. The van der Waals surface area contributed by atoms with E-state index in [-0.39, 0.29) is 0 Å². The highest BCUT2D eigenvalue weighted by atomic mass is 15.1.